The van der Waals surface area contributed by atoms with Gasteiger partial charge in [-0.1, -0.05) is 55.0 Å². The third kappa shape index (κ3) is 4.58. The number of carbonyl (C=O) groups excluding carboxylic acids is 1. The lowest BCUT2D eigenvalue weighted by Gasteiger charge is -2.48. The first kappa shape index (κ1) is 23.7. The van der Waals surface area contributed by atoms with Crippen LogP contribution in [0.2, 0.25) is 0 Å². The topological polar surface area (TPSA) is 32.3 Å². The molecule has 5 atom stereocenters. The van der Waals surface area contributed by atoms with Crippen LogP contribution in [-0.4, -0.2) is 42.7 Å². The summed E-state index contributed by atoms with van der Waals surface area (Å²) < 4.78 is 37.1. The van der Waals surface area contributed by atoms with E-state index in [1.807, 2.05) is 11.4 Å². The van der Waals surface area contributed by atoms with Crippen molar-refractivity contribution in [2.75, 3.05) is 19.6 Å². The molecule has 0 aromatic heterocycles. The van der Waals surface area contributed by atoms with Crippen molar-refractivity contribution in [1.29, 1.82) is 0 Å². The van der Waals surface area contributed by atoms with Crippen LogP contribution in [-0.2, 0) is 4.79 Å². The maximum Gasteiger partial charge on any atom is 0.405 e. The van der Waals surface area contributed by atoms with E-state index in [9.17, 15) is 18.0 Å². The van der Waals surface area contributed by atoms with Crippen LogP contribution < -0.4 is 5.32 Å². The maximum absolute atomic E-state index is 12.4. The fourth-order valence-corrected chi connectivity index (χ4v) is 6.93. The van der Waals surface area contributed by atoms with Crippen molar-refractivity contribution < 1.29 is 18.0 Å². The number of carbonyl (C=O) groups is 1. The van der Waals surface area contributed by atoms with E-state index in [4.69, 9.17) is 0 Å². The first-order valence-corrected chi connectivity index (χ1v) is 12.8. The summed E-state index contributed by atoms with van der Waals surface area (Å²) in [7, 11) is 0. The van der Waals surface area contributed by atoms with Crippen molar-refractivity contribution in [3.05, 3.63) is 59.3 Å². The Bertz CT molecular complexity index is 973. The molecule has 4 aliphatic carbocycles. The average molecular weight is 473 g/mol. The highest BCUT2D eigenvalue weighted by atomic mass is 19.4. The summed E-state index contributed by atoms with van der Waals surface area (Å²) in [5, 5.41) is 2.01. The number of fused-ring (bicyclic) bond motifs is 1. The number of nitrogens with zero attached hydrogens (tertiary/aromatic N) is 1. The van der Waals surface area contributed by atoms with Gasteiger partial charge in [-0.25, -0.2) is 0 Å². The SMILES string of the molecule is C[C@H]1CN(C2CCC(C3=CCC(C(=O)NCC(F)(F)F)C=C3)C2)CCC12C=CC1=C2CCC=C1. The largest absolute Gasteiger partial charge is 0.405 e. The molecule has 5 rings (SSSR count). The summed E-state index contributed by atoms with van der Waals surface area (Å²) in [6.07, 6.45) is 18.4. The Morgan fingerprint density at radius 2 is 2.09 bits per heavy atom. The smallest absolute Gasteiger partial charge is 0.346 e. The molecule has 1 aliphatic heterocycles. The highest BCUT2D eigenvalue weighted by Gasteiger charge is 2.46. The molecular formula is C28H35F3N2O. The quantitative estimate of drug-likeness (QED) is 0.554. The minimum Gasteiger partial charge on any atom is -0.346 e. The number of piperidine rings is 1. The van der Waals surface area contributed by atoms with Crippen LogP contribution in [0.15, 0.2) is 59.3 Å². The van der Waals surface area contributed by atoms with E-state index >= 15 is 0 Å². The van der Waals surface area contributed by atoms with Gasteiger partial charge >= 0.3 is 6.18 Å². The lowest BCUT2D eigenvalue weighted by molar-refractivity contribution is -0.139. The number of rotatable bonds is 4. The third-order valence-electron chi connectivity index (χ3n) is 8.85. The van der Waals surface area contributed by atoms with Crippen LogP contribution in [0.3, 0.4) is 0 Å². The molecule has 1 amide bonds. The molecule has 0 aromatic rings. The Hall–Kier alpha value is -2.08. The molecule has 1 N–H and O–H groups in total. The second-order valence-corrected chi connectivity index (χ2v) is 10.8. The Morgan fingerprint density at radius 3 is 2.82 bits per heavy atom. The van der Waals surface area contributed by atoms with Crippen molar-refractivity contribution in [2.45, 2.75) is 64.1 Å². The molecule has 0 aromatic carbocycles. The second-order valence-electron chi connectivity index (χ2n) is 10.8. The third-order valence-corrected chi connectivity index (χ3v) is 8.85. The van der Waals surface area contributed by atoms with Crippen LogP contribution in [0.4, 0.5) is 13.2 Å². The Balaban J connectivity index is 1.14. The lowest BCUT2D eigenvalue weighted by Crippen LogP contribution is -2.49. The molecular weight excluding hydrogens is 437 g/mol. The molecule has 1 heterocycles. The van der Waals surface area contributed by atoms with Crippen molar-refractivity contribution in [3.63, 3.8) is 0 Å². The van der Waals surface area contributed by atoms with E-state index in [0.717, 1.165) is 32.4 Å². The molecule has 5 aliphatic rings. The zero-order valence-electron chi connectivity index (χ0n) is 19.9. The van der Waals surface area contributed by atoms with Gasteiger partial charge in [0.1, 0.15) is 6.54 Å². The van der Waals surface area contributed by atoms with E-state index in [0.29, 0.717) is 24.3 Å². The molecule has 3 nitrogen and oxygen atoms in total. The van der Waals surface area contributed by atoms with Crippen LogP contribution in [0.25, 0.3) is 0 Å². The van der Waals surface area contributed by atoms with Gasteiger partial charge in [0.2, 0.25) is 5.91 Å². The van der Waals surface area contributed by atoms with E-state index in [2.05, 4.69) is 42.2 Å². The number of amides is 1. The van der Waals surface area contributed by atoms with Gasteiger partial charge in [-0.3, -0.25) is 4.79 Å². The van der Waals surface area contributed by atoms with Gasteiger partial charge in [0.25, 0.3) is 0 Å². The first-order valence-electron chi connectivity index (χ1n) is 12.8. The lowest BCUT2D eigenvalue weighted by atomic mass is 9.65. The maximum atomic E-state index is 12.4. The molecule has 34 heavy (non-hydrogen) atoms. The molecule has 1 spiro atoms. The van der Waals surface area contributed by atoms with Crippen LogP contribution in [0.5, 0.6) is 0 Å². The minimum atomic E-state index is -4.37. The van der Waals surface area contributed by atoms with Crippen LogP contribution in [0.1, 0.15) is 51.9 Å². The molecule has 1 saturated carbocycles. The van der Waals surface area contributed by atoms with E-state index < -0.39 is 24.5 Å². The van der Waals surface area contributed by atoms with Gasteiger partial charge in [0.05, 0.1) is 5.92 Å². The molecule has 2 fully saturated rings. The van der Waals surface area contributed by atoms with Crippen molar-refractivity contribution in [2.24, 2.45) is 23.2 Å². The molecule has 6 heteroatoms. The molecule has 0 bridgehead atoms. The van der Waals surface area contributed by atoms with Gasteiger partial charge in [-0.2, -0.15) is 13.2 Å². The Kier molecular flexibility index (Phi) is 6.38. The standard InChI is InChI=1S/C28H35F3N2O/c1-19-17-33(15-14-27(19)13-12-21-4-2-3-5-25(21)27)24-11-10-23(16-24)20-6-8-22(9-7-20)26(34)32-18-28(29,30)31/h2,4,6-8,12-13,19,22-24H,3,5,9-11,14-18H2,1H3,(H,32,34)/t19-,22?,23?,24?,27?/m0/s1. The number of hydrogen-bond donors (Lipinski definition) is 1. The fourth-order valence-electron chi connectivity index (χ4n) is 6.93. The summed E-state index contributed by atoms with van der Waals surface area (Å²) in [6, 6.07) is 0.594. The molecule has 4 unspecified atom stereocenters. The summed E-state index contributed by atoms with van der Waals surface area (Å²) in [5.41, 5.74) is 4.63. The highest BCUT2D eigenvalue weighted by molar-refractivity contribution is 5.81. The summed E-state index contributed by atoms with van der Waals surface area (Å²) in [5.74, 6) is 0.0453. The van der Waals surface area contributed by atoms with Gasteiger partial charge < -0.3 is 10.2 Å². The summed E-state index contributed by atoms with van der Waals surface area (Å²) in [6.45, 7) is 3.44. The number of likely N-dealkylation sites (tertiary alicyclic amines) is 1. The zero-order chi connectivity index (χ0) is 23.9. The monoisotopic (exact) mass is 472 g/mol. The summed E-state index contributed by atoms with van der Waals surface area (Å²) >= 11 is 0. The number of hydrogen-bond acceptors (Lipinski definition) is 2. The minimum absolute atomic E-state index is 0.255. The number of alkyl halides is 3. The zero-order valence-corrected chi connectivity index (χ0v) is 19.9. The summed E-state index contributed by atoms with van der Waals surface area (Å²) in [4.78, 5) is 14.8. The number of halogens is 3. The average Bonchev–Trinajstić information content (AvgIpc) is 3.46. The van der Waals surface area contributed by atoms with Gasteiger partial charge in [-0.05, 0) is 74.5 Å². The van der Waals surface area contributed by atoms with E-state index in [-0.39, 0.29) is 5.41 Å². The predicted molar refractivity (Wildman–Crippen MR) is 128 cm³/mol. The first-order chi connectivity index (χ1) is 16.2. The van der Waals surface area contributed by atoms with Gasteiger partial charge in [0.15, 0.2) is 0 Å². The fraction of sp³-hybridized carbons (Fsp3) is 0.607. The van der Waals surface area contributed by atoms with Crippen LogP contribution >= 0.6 is 0 Å². The molecule has 1 saturated heterocycles. The van der Waals surface area contributed by atoms with Crippen molar-refractivity contribution in [1.82, 2.24) is 10.2 Å². The van der Waals surface area contributed by atoms with E-state index in [1.165, 1.54) is 30.4 Å². The Labute approximate surface area is 200 Å². The normalized spacial score (nSPS) is 35.7. The molecule has 0 radical (unpaired) electrons. The molecule has 184 valence electrons. The number of allylic oxidation sites excluding steroid dienone is 9. The Morgan fingerprint density at radius 1 is 1.24 bits per heavy atom. The number of nitrogens with one attached hydrogen (secondary N) is 1. The van der Waals surface area contributed by atoms with E-state index in [1.54, 1.807) is 11.6 Å². The van der Waals surface area contributed by atoms with Crippen LogP contribution in [0, 0.1) is 23.2 Å². The van der Waals surface area contributed by atoms with Crippen molar-refractivity contribution in [3.8, 4) is 0 Å². The van der Waals surface area contributed by atoms with Crippen molar-refractivity contribution >= 4 is 5.91 Å². The second kappa shape index (κ2) is 9.18. The highest BCUT2D eigenvalue weighted by Crippen LogP contribution is 2.52. The van der Waals surface area contributed by atoms with Gasteiger partial charge in [-0.15, -0.1) is 0 Å². The predicted octanol–water partition coefficient (Wildman–Crippen LogP) is 5.88. The van der Waals surface area contributed by atoms with Gasteiger partial charge in [0, 0.05) is 18.0 Å².